The van der Waals surface area contributed by atoms with Crippen molar-refractivity contribution in [2.75, 3.05) is 34.5 Å². The molecular formula is C24H31N4O2+. The summed E-state index contributed by atoms with van der Waals surface area (Å²) in [5, 5.41) is 5.15. The summed E-state index contributed by atoms with van der Waals surface area (Å²) in [5.41, 5.74) is 8.25. The standard InChI is InChI=1S/C24H31N4O2/c1-15-10-16(2)21(17(3)11-15)22-18(4)26-28(5)23(22)25-12-19-8-9-27(24(19)28)20(13-29-6)14-30-7/h8-12,20H,13-14H2,1-7H3/q+1. The van der Waals surface area contributed by atoms with Gasteiger partial charge in [-0.05, 0) is 50.5 Å². The van der Waals surface area contributed by atoms with Gasteiger partial charge in [-0.25, -0.2) is 4.99 Å². The third kappa shape index (κ3) is 3.07. The van der Waals surface area contributed by atoms with Crippen LogP contribution < -0.4 is 4.59 Å². The molecule has 2 aromatic rings. The van der Waals surface area contributed by atoms with E-state index in [4.69, 9.17) is 19.6 Å². The fraction of sp³-hybridized carbons (Fsp3) is 0.417. The first-order valence-electron chi connectivity index (χ1n) is 10.3. The number of quaternary nitrogens is 1. The van der Waals surface area contributed by atoms with E-state index < -0.39 is 0 Å². The second kappa shape index (κ2) is 7.61. The monoisotopic (exact) mass is 407 g/mol. The number of nitrogens with zero attached hydrogens (tertiary/aromatic N) is 4. The molecule has 1 unspecified atom stereocenters. The first-order valence-corrected chi connectivity index (χ1v) is 10.3. The van der Waals surface area contributed by atoms with E-state index >= 15 is 0 Å². The van der Waals surface area contributed by atoms with Gasteiger partial charge in [0.2, 0.25) is 0 Å². The predicted octanol–water partition coefficient (Wildman–Crippen LogP) is 4.38. The zero-order valence-electron chi connectivity index (χ0n) is 19.0. The van der Waals surface area contributed by atoms with Gasteiger partial charge in [-0.3, -0.25) is 4.57 Å². The van der Waals surface area contributed by atoms with Crippen LogP contribution in [0.4, 0.5) is 5.82 Å². The molecular weight excluding hydrogens is 376 g/mol. The Hall–Kier alpha value is -2.54. The molecule has 0 bridgehead atoms. The number of aryl methyl sites for hydroxylation is 3. The topological polar surface area (TPSA) is 48.1 Å². The molecule has 3 heterocycles. The first kappa shape index (κ1) is 20.7. The molecule has 1 aromatic heterocycles. The minimum Gasteiger partial charge on any atom is -0.382 e. The average Bonchev–Trinajstić information content (AvgIpc) is 3.20. The molecule has 6 heteroatoms. The molecule has 30 heavy (non-hydrogen) atoms. The Morgan fingerprint density at radius 2 is 1.67 bits per heavy atom. The van der Waals surface area contributed by atoms with Crippen molar-refractivity contribution in [1.29, 1.82) is 0 Å². The summed E-state index contributed by atoms with van der Waals surface area (Å²) < 4.78 is 13.5. The van der Waals surface area contributed by atoms with Crippen molar-refractivity contribution in [2.45, 2.75) is 33.7 Å². The van der Waals surface area contributed by atoms with E-state index in [-0.39, 0.29) is 6.04 Å². The summed E-state index contributed by atoms with van der Waals surface area (Å²) in [6.45, 7) is 9.71. The smallest absolute Gasteiger partial charge is 0.270 e. The normalized spacial score (nSPS) is 20.1. The van der Waals surface area contributed by atoms with Crippen molar-refractivity contribution in [2.24, 2.45) is 10.1 Å². The van der Waals surface area contributed by atoms with Crippen LogP contribution >= 0.6 is 0 Å². The maximum absolute atomic E-state index is 5.48. The molecule has 4 rings (SSSR count). The molecule has 2 aliphatic heterocycles. The number of aliphatic imine (C=N–C) groups is 1. The quantitative estimate of drug-likeness (QED) is 0.668. The molecule has 1 aromatic carbocycles. The van der Waals surface area contributed by atoms with Gasteiger partial charge in [0, 0.05) is 26.6 Å². The predicted molar refractivity (Wildman–Crippen MR) is 123 cm³/mol. The van der Waals surface area contributed by atoms with E-state index in [9.17, 15) is 0 Å². The van der Waals surface area contributed by atoms with Gasteiger partial charge in [0.15, 0.2) is 0 Å². The Labute approximate surface area is 178 Å². The third-order valence-electron chi connectivity index (χ3n) is 6.04. The maximum Gasteiger partial charge on any atom is 0.270 e. The molecule has 1 atom stereocenters. The zero-order valence-corrected chi connectivity index (χ0v) is 19.0. The summed E-state index contributed by atoms with van der Waals surface area (Å²) in [6, 6.07) is 6.64. The van der Waals surface area contributed by atoms with Crippen LogP contribution in [-0.2, 0) is 9.47 Å². The van der Waals surface area contributed by atoms with E-state index in [1.165, 1.54) is 22.3 Å². The van der Waals surface area contributed by atoms with Gasteiger partial charge >= 0.3 is 0 Å². The molecule has 0 N–H and O–H groups in total. The lowest BCUT2D eigenvalue weighted by Gasteiger charge is -2.30. The van der Waals surface area contributed by atoms with Crippen LogP contribution in [0.5, 0.6) is 0 Å². The van der Waals surface area contributed by atoms with Crippen molar-refractivity contribution < 1.29 is 9.47 Å². The molecule has 6 nitrogen and oxygen atoms in total. The largest absolute Gasteiger partial charge is 0.382 e. The summed E-state index contributed by atoms with van der Waals surface area (Å²) in [7, 11) is 5.56. The van der Waals surface area contributed by atoms with Crippen LogP contribution in [-0.4, -0.2) is 51.0 Å². The number of benzene rings is 1. The highest BCUT2D eigenvalue weighted by Gasteiger charge is 2.48. The first-order chi connectivity index (χ1) is 14.3. The van der Waals surface area contributed by atoms with Crippen LogP contribution in [0.3, 0.4) is 0 Å². The minimum atomic E-state index is 0.0638. The zero-order chi connectivity index (χ0) is 21.6. The number of methoxy groups -OCH3 is 2. The molecule has 0 saturated heterocycles. The molecule has 0 aliphatic carbocycles. The van der Waals surface area contributed by atoms with Crippen LogP contribution in [0.25, 0.3) is 5.57 Å². The number of rotatable bonds is 6. The van der Waals surface area contributed by atoms with Gasteiger partial charge in [0.05, 0.1) is 30.4 Å². The minimum absolute atomic E-state index is 0.0638. The fourth-order valence-electron chi connectivity index (χ4n) is 5.02. The maximum atomic E-state index is 5.48. The second-order valence-electron chi connectivity index (χ2n) is 8.44. The Kier molecular flexibility index (Phi) is 5.26. The second-order valence-corrected chi connectivity index (χ2v) is 8.44. The molecule has 0 spiro atoms. The van der Waals surface area contributed by atoms with E-state index in [1.807, 2.05) is 6.21 Å². The average molecular weight is 408 g/mol. The summed E-state index contributed by atoms with van der Waals surface area (Å²) >= 11 is 0. The van der Waals surface area contributed by atoms with Gasteiger partial charge in [-0.2, -0.15) is 0 Å². The summed E-state index contributed by atoms with van der Waals surface area (Å²) in [5.74, 6) is 2.06. The van der Waals surface area contributed by atoms with Crippen LogP contribution in [0.2, 0.25) is 0 Å². The van der Waals surface area contributed by atoms with E-state index in [2.05, 4.69) is 63.7 Å². The lowest BCUT2D eigenvalue weighted by Crippen LogP contribution is -2.41. The number of ether oxygens (including phenoxy) is 2. The van der Waals surface area contributed by atoms with Gasteiger partial charge in [-0.15, -0.1) is 4.59 Å². The highest BCUT2D eigenvalue weighted by Crippen LogP contribution is 2.45. The lowest BCUT2D eigenvalue weighted by molar-refractivity contribution is 0.0882. The Bertz CT molecular complexity index is 1060. The third-order valence-corrected chi connectivity index (χ3v) is 6.04. The number of hydrogen-bond acceptors (Lipinski definition) is 4. The Balaban J connectivity index is 1.93. The SMILES string of the molecule is COCC(COC)n1ccc2c1[N+]1(C)N=C(C)C(c3c(C)cc(C)cc3C)=C1N=C2. The van der Waals surface area contributed by atoms with Crippen LogP contribution in [0, 0.1) is 20.8 Å². The molecule has 0 radical (unpaired) electrons. The number of hydrogen-bond donors (Lipinski definition) is 0. The van der Waals surface area contributed by atoms with Crippen molar-refractivity contribution in [3.8, 4) is 0 Å². The molecule has 0 fully saturated rings. The number of fused-ring (bicyclic) bond motifs is 3. The molecule has 0 saturated carbocycles. The Morgan fingerprint density at radius 1 is 1.03 bits per heavy atom. The van der Waals surface area contributed by atoms with E-state index in [0.717, 1.165) is 28.5 Å². The van der Waals surface area contributed by atoms with Crippen LogP contribution in [0.1, 0.15) is 40.8 Å². The van der Waals surface area contributed by atoms with Gasteiger partial charge in [0.1, 0.15) is 12.8 Å². The Morgan fingerprint density at radius 3 is 2.27 bits per heavy atom. The summed E-state index contributed by atoms with van der Waals surface area (Å²) in [6.07, 6.45) is 4.06. The number of aromatic nitrogens is 1. The molecule has 0 amide bonds. The molecule has 158 valence electrons. The van der Waals surface area contributed by atoms with Gasteiger partial charge < -0.3 is 9.47 Å². The van der Waals surface area contributed by atoms with Crippen molar-refractivity contribution in [3.05, 3.63) is 58.0 Å². The fourth-order valence-corrected chi connectivity index (χ4v) is 5.02. The van der Waals surface area contributed by atoms with Crippen molar-refractivity contribution >= 4 is 23.3 Å². The van der Waals surface area contributed by atoms with Crippen molar-refractivity contribution in [1.82, 2.24) is 9.16 Å². The summed E-state index contributed by atoms with van der Waals surface area (Å²) in [4.78, 5) is 4.92. The van der Waals surface area contributed by atoms with E-state index in [1.54, 1.807) is 14.2 Å². The highest BCUT2D eigenvalue weighted by atomic mass is 16.5. The molecule has 2 aliphatic rings. The van der Waals surface area contributed by atoms with E-state index in [0.29, 0.717) is 17.8 Å². The highest BCUT2D eigenvalue weighted by molar-refractivity contribution is 6.26. The van der Waals surface area contributed by atoms with Crippen LogP contribution in [0.15, 0.2) is 40.3 Å². The van der Waals surface area contributed by atoms with Gasteiger partial charge in [0.25, 0.3) is 11.6 Å². The lowest BCUT2D eigenvalue weighted by atomic mass is 9.91. The van der Waals surface area contributed by atoms with Crippen molar-refractivity contribution in [3.63, 3.8) is 0 Å². The van der Waals surface area contributed by atoms with Gasteiger partial charge in [-0.1, -0.05) is 22.8 Å². The number of allylic oxidation sites excluding steroid dienone is 1.